The molecule has 0 bridgehead atoms. The molecule has 0 aliphatic carbocycles. The van der Waals surface area contributed by atoms with E-state index >= 15 is 0 Å². The summed E-state index contributed by atoms with van der Waals surface area (Å²) in [6.45, 7) is 1.80. The van der Waals surface area contributed by atoms with Gasteiger partial charge in [-0.25, -0.2) is 9.78 Å². The van der Waals surface area contributed by atoms with E-state index in [1.807, 2.05) is 0 Å². The lowest BCUT2D eigenvalue weighted by Gasteiger charge is -2.01. The van der Waals surface area contributed by atoms with Gasteiger partial charge in [-0.2, -0.15) is 4.37 Å². The molecule has 0 aliphatic heterocycles. The van der Waals surface area contributed by atoms with Crippen LogP contribution in [0.3, 0.4) is 0 Å². The molecule has 2 aromatic heterocycles. The fourth-order valence-corrected chi connectivity index (χ4v) is 2.74. The molecular weight excluding hydrogens is 246 g/mol. The zero-order chi connectivity index (χ0) is 11.5. The second kappa shape index (κ2) is 4.58. The molecule has 0 unspecified atom stereocenters. The first-order chi connectivity index (χ1) is 7.66. The standard InChI is InChI=1S/C9H7N3O2S2/c1-5-11-9(16-12-5)15-7-2-3-10-4-6(7)8(13)14/h2-4H,1H3,(H,13,14). The molecule has 1 N–H and O–H groups in total. The Labute approximate surface area is 99.7 Å². The Morgan fingerprint density at radius 1 is 1.56 bits per heavy atom. The molecular formula is C9H7N3O2S2. The summed E-state index contributed by atoms with van der Waals surface area (Å²) in [6, 6.07) is 1.66. The Balaban J connectivity index is 2.31. The fraction of sp³-hybridized carbons (Fsp3) is 0.111. The highest BCUT2D eigenvalue weighted by molar-refractivity contribution is 8.01. The van der Waals surface area contributed by atoms with Crippen molar-refractivity contribution >= 4 is 29.3 Å². The predicted molar refractivity (Wildman–Crippen MR) is 60.0 cm³/mol. The summed E-state index contributed by atoms with van der Waals surface area (Å²) in [5, 5.41) is 8.96. The normalized spacial score (nSPS) is 10.3. The number of hydrogen-bond donors (Lipinski definition) is 1. The van der Waals surface area contributed by atoms with E-state index in [0.29, 0.717) is 10.7 Å². The molecule has 0 atom stereocenters. The van der Waals surface area contributed by atoms with E-state index in [1.54, 1.807) is 19.2 Å². The van der Waals surface area contributed by atoms with Crippen LogP contribution in [0.5, 0.6) is 0 Å². The quantitative estimate of drug-likeness (QED) is 0.902. The predicted octanol–water partition coefficient (Wildman–Crippen LogP) is 2.09. The van der Waals surface area contributed by atoms with Gasteiger partial charge in [-0.15, -0.1) is 0 Å². The SMILES string of the molecule is Cc1nsc(Sc2ccncc2C(=O)O)n1. The van der Waals surface area contributed by atoms with Gasteiger partial charge >= 0.3 is 5.97 Å². The maximum atomic E-state index is 10.9. The average Bonchev–Trinajstić information content (AvgIpc) is 2.64. The van der Waals surface area contributed by atoms with Crippen LogP contribution in [-0.2, 0) is 0 Å². The summed E-state index contributed by atoms with van der Waals surface area (Å²) in [5.41, 5.74) is 0.181. The van der Waals surface area contributed by atoms with E-state index in [0.717, 1.165) is 4.34 Å². The number of aromatic carboxylic acids is 1. The molecule has 0 spiro atoms. The van der Waals surface area contributed by atoms with Crippen LogP contribution in [0.1, 0.15) is 16.2 Å². The van der Waals surface area contributed by atoms with Crippen LogP contribution in [0, 0.1) is 6.92 Å². The van der Waals surface area contributed by atoms with Gasteiger partial charge in [0.15, 0.2) is 4.34 Å². The van der Waals surface area contributed by atoms with Crippen LogP contribution in [0.4, 0.5) is 0 Å². The smallest absolute Gasteiger partial charge is 0.338 e. The van der Waals surface area contributed by atoms with Gasteiger partial charge in [0.2, 0.25) is 0 Å². The number of rotatable bonds is 3. The van der Waals surface area contributed by atoms with Gasteiger partial charge < -0.3 is 5.11 Å². The van der Waals surface area contributed by atoms with Gasteiger partial charge in [0.05, 0.1) is 5.56 Å². The Morgan fingerprint density at radius 2 is 2.38 bits per heavy atom. The van der Waals surface area contributed by atoms with Crippen molar-refractivity contribution in [1.82, 2.24) is 14.3 Å². The van der Waals surface area contributed by atoms with Crippen LogP contribution in [0.2, 0.25) is 0 Å². The molecule has 0 saturated carbocycles. The van der Waals surface area contributed by atoms with Crippen molar-refractivity contribution in [3.05, 3.63) is 29.8 Å². The highest BCUT2D eigenvalue weighted by Crippen LogP contribution is 2.30. The second-order valence-corrected chi connectivity index (χ2v) is 4.93. The average molecular weight is 253 g/mol. The molecule has 0 amide bonds. The molecule has 0 aliphatic rings. The van der Waals surface area contributed by atoms with E-state index in [2.05, 4.69) is 14.3 Å². The molecule has 2 rings (SSSR count). The third kappa shape index (κ3) is 2.37. The highest BCUT2D eigenvalue weighted by Gasteiger charge is 2.12. The molecule has 2 aromatic rings. The molecule has 0 saturated heterocycles. The molecule has 0 fully saturated rings. The summed E-state index contributed by atoms with van der Waals surface area (Å²) in [4.78, 5) is 19.5. The lowest BCUT2D eigenvalue weighted by Crippen LogP contribution is -1.99. The second-order valence-electron chi connectivity index (χ2n) is 2.89. The van der Waals surface area contributed by atoms with Crippen LogP contribution in [-0.4, -0.2) is 25.4 Å². The van der Waals surface area contributed by atoms with Gasteiger partial charge in [0.1, 0.15) is 5.82 Å². The zero-order valence-electron chi connectivity index (χ0n) is 8.25. The maximum absolute atomic E-state index is 10.9. The van der Waals surface area contributed by atoms with Crippen molar-refractivity contribution < 1.29 is 9.90 Å². The zero-order valence-corrected chi connectivity index (χ0v) is 9.88. The van der Waals surface area contributed by atoms with Crippen molar-refractivity contribution in [2.75, 3.05) is 0 Å². The Bertz CT molecular complexity index is 527. The monoisotopic (exact) mass is 253 g/mol. The first-order valence-electron chi connectivity index (χ1n) is 4.32. The number of nitrogens with zero attached hydrogens (tertiary/aromatic N) is 3. The molecule has 0 aromatic carbocycles. The molecule has 5 nitrogen and oxygen atoms in total. The maximum Gasteiger partial charge on any atom is 0.338 e. The first kappa shape index (κ1) is 11.0. The van der Waals surface area contributed by atoms with E-state index in [9.17, 15) is 4.79 Å². The van der Waals surface area contributed by atoms with Crippen molar-refractivity contribution in [2.24, 2.45) is 0 Å². The number of carboxylic acids is 1. The summed E-state index contributed by atoms with van der Waals surface area (Å²) >= 11 is 2.54. The highest BCUT2D eigenvalue weighted by atomic mass is 32.2. The van der Waals surface area contributed by atoms with Crippen molar-refractivity contribution in [2.45, 2.75) is 16.2 Å². The number of hydrogen-bond acceptors (Lipinski definition) is 6. The minimum Gasteiger partial charge on any atom is -0.478 e. The topological polar surface area (TPSA) is 76.0 Å². The van der Waals surface area contributed by atoms with Crippen molar-refractivity contribution in [3.8, 4) is 0 Å². The Hall–Kier alpha value is -1.47. The Kier molecular flexibility index (Phi) is 3.16. The van der Waals surface area contributed by atoms with Crippen molar-refractivity contribution in [1.29, 1.82) is 0 Å². The summed E-state index contributed by atoms with van der Waals surface area (Å²) in [5.74, 6) is -0.296. The van der Waals surface area contributed by atoms with E-state index in [4.69, 9.17) is 5.11 Å². The van der Waals surface area contributed by atoms with Gasteiger partial charge in [-0.05, 0) is 24.5 Å². The van der Waals surface area contributed by atoms with Crippen LogP contribution in [0.15, 0.2) is 27.7 Å². The molecule has 82 valence electrons. The third-order valence-electron chi connectivity index (χ3n) is 1.72. The number of carboxylic acid groups (broad SMARTS) is 1. The molecule has 0 radical (unpaired) electrons. The van der Waals surface area contributed by atoms with Crippen LogP contribution < -0.4 is 0 Å². The lowest BCUT2D eigenvalue weighted by atomic mass is 10.3. The molecule has 7 heteroatoms. The number of pyridine rings is 1. The van der Waals surface area contributed by atoms with Crippen LogP contribution >= 0.6 is 23.3 Å². The lowest BCUT2D eigenvalue weighted by molar-refractivity contribution is 0.0692. The van der Waals surface area contributed by atoms with E-state index in [1.165, 1.54) is 29.5 Å². The largest absolute Gasteiger partial charge is 0.478 e. The minimum absolute atomic E-state index is 0.181. The third-order valence-corrected chi connectivity index (χ3v) is 3.64. The van der Waals surface area contributed by atoms with Gasteiger partial charge in [0.25, 0.3) is 0 Å². The molecule has 2 heterocycles. The van der Waals surface area contributed by atoms with Gasteiger partial charge in [0, 0.05) is 17.3 Å². The summed E-state index contributed by atoms with van der Waals surface area (Å²) in [6.07, 6.45) is 2.89. The van der Waals surface area contributed by atoms with Crippen LogP contribution in [0.25, 0.3) is 0 Å². The van der Waals surface area contributed by atoms with E-state index < -0.39 is 5.97 Å². The number of carbonyl (C=O) groups is 1. The van der Waals surface area contributed by atoms with Crippen molar-refractivity contribution in [3.63, 3.8) is 0 Å². The number of aromatic nitrogens is 3. The summed E-state index contributed by atoms with van der Waals surface area (Å²) in [7, 11) is 0. The van der Waals surface area contributed by atoms with E-state index in [-0.39, 0.29) is 5.56 Å². The molecule has 16 heavy (non-hydrogen) atoms. The fourth-order valence-electron chi connectivity index (χ4n) is 1.04. The Morgan fingerprint density at radius 3 is 3.00 bits per heavy atom. The van der Waals surface area contributed by atoms with Gasteiger partial charge in [-0.3, -0.25) is 4.98 Å². The minimum atomic E-state index is -0.989. The first-order valence-corrected chi connectivity index (χ1v) is 5.91. The number of aryl methyl sites for hydroxylation is 1. The van der Waals surface area contributed by atoms with Gasteiger partial charge in [-0.1, -0.05) is 11.8 Å². The summed E-state index contributed by atoms with van der Waals surface area (Å²) < 4.78 is 4.76.